The van der Waals surface area contributed by atoms with Crippen LogP contribution in [0.2, 0.25) is 0 Å². The molecule has 0 bridgehead atoms. The van der Waals surface area contributed by atoms with Crippen LogP contribution in [0.15, 0.2) is 99.9 Å². The summed E-state index contributed by atoms with van der Waals surface area (Å²) in [6.07, 6.45) is 1.77. The van der Waals surface area contributed by atoms with Gasteiger partial charge in [-0.3, -0.25) is 9.36 Å². The second kappa shape index (κ2) is 11.0. The molecular formula is C30H25FN2O4S. The zero-order valence-electron chi connectivity index (χ0n) is 20.9. The first-order chi connectivity index (χ1) is 18.5. The summed E-state index contributed by atoms with van der Waals surface area (Å²) in [5.41, 5.74) is 2.76. The van der Waals surface area contributed by atoms with E-state index in [1.807, 2.05) is 54.6 Å². The Balaban J connectivity index is 1.61. The molecule has 8 heteroatoms. The fourth-order valence-corrected chi connectivity index (χ4v) is 5.40. The van der Waals surface area contributed by atoms with Crippen molar-refractivity contribution >= 4 is 23.4 Å². The number of para-hydroxylation sites is 1. The molecule has 3 aromatic carbocycles. The van der Waals surface area contributed by atoms with Gasteiger partial charge in [0.1, 0.15) is 18.2 Å². The summed E-state index contributed by atoms with van der Waals surface area (Å²) in [4.78, 5) is 31.8. The maximum atomic E-state index is 13.8. The Bertz CT molecular complexity index is 1690. The van der Waals surface area contributed by atoms with Crippen LogP contribution in [0.5, 0.6) is 5.75 Å². The number of thiazole rings is 1. The number of esters is 1. The van der Waals surface area contributed by atoms with Crippen molar-refractivity contribution in [1.29, 1.82) is 0 Å². The quantitative estimate of drug-likeness (QED) is 0.331. The molecule has 0 saturated heterocycles. The lowest BCUT2D eigenvalue weighted by Gasteiger charge is -2.24. The molecule has 0 N–H and O–H groups in total. The Labute approximate surface area is 222 Å². The number of aromatic nitrogens is 1. The van der Waals surface area contributed by atoms with E-state index in [4.69, 9.17) is 9.47 Å². The summed E-state index contributed by atoms with van der Waals surface area (Å²) in [5.74, 6) is -0.329. The number of hydrogen-bond donors (Lipinski definition) is 0. The number of carbonyl (C=O) groups is 1. The highest BCUT2D eigenvalue weighted by Crippen LogP contribution is 2.31. The number of rotatable bonds is 7. The van der Waals surface area contributed by atoms with E-state index in [-0.39, 0.29) is 17.7 Å². The van der Waals surface area contributed by atoms with E-state index in [1.165, 1.54) is 28.0 Å². The van der Waals surface area contributed by atoms with Gasteiger partial charge in [-0.15, -0.1) is 0 Å². The molecule has 6 nitrogen and oxygen atoms in total. The smallest absolute Gasteiger partial charge is 0.338 e. The van der Waals surface area contributed by atoms with Crippen LogP contribution in [0.4, 0.5) is 4.39 Å². The molecule has 0 aliphatic carbocycles. The molecule has 1 unspecified atom stereocenters. The molecule has 0 saturated carbocycles. The third-order valence-corrected chi connectivity index (χ3v) is 7.13. The van der Waals surface area contributed by atoms with Gasteiger partial charge in [0, 0.05) is 5.56 Å². The molecule has 2 heterocycles. The monoisotopic (exact) mass is 528 g/mol. The van der Waals surface area contributed by atoms with E-state index >= 15 is 0 Å². The third kappa shape index (κ3) is 5.08. The van der Waals surface area contributed by atoms with Gasteiger partial charge in [-0.1, -0.05) is 72.0 Å². The fraction of sp³-hybridized carbons (Fsp3) is 0.167. The SMILES string of the molecule is CCOC(=O)C1=C(C)N=c2sc(=Cc3ccccc3OCc3ccccc3)c(=O)n2C1c1ccc(F)cc1. The summed E-state index contributed by atoms with van der Waals surface area (Å²) in [7, 11) is 0. The van der Waals surface area contributed by atoms with E-state index in [2.05, 4.69) is 4.99 Å². The lowest BCUT2D eigenvalue weighted by molar-refractivity contribution is -0.139. The topological polar surface area (TPSA) is 69.9 Å². The van der Waals surface area contributed by atoms with Gasteiger partial charge in [-0.05, 0) is 49.2 Å². The average molecular weight is 529 g/mol. The number of halogens is 1. The van der Waals surface area contributed by atoms with Gasteiger partial charge in [0.05, 0.1) is 28.5 Å². The summed E-state index contributed by atoms with van der Waals surface area (Å²) >= 11 is 1.22. The van der Waals surface area contributed by atoms with Gasteiger partial charge >= 0.3 is 5.97 Å². The molecule has 192 valence electrons. The largest absolute Gasteiger partial charge is 0.488 e. The highest BCUT2D eigenvalue weighted by atomic mass is 32.1. The summed E-state index contributed by atoms with van der Waals surface area (Å²) in [5, 5.41) is 0. The first-order valence-corrected chi connectivity index (χ1v) is 13.0. The summed E-state index contributed by atoms with van der Waals surface area (Å²) in [6, 6.07) is 22.3. The van der Waals surface area contributed by atoms with Crippen LogP contribution >= 0.6 is 11.3 Å². The molecule has 0 amide bonds. The minimum atomic E-state index is -0.794. The Morgan fingerprint density at radius 3 is 2.50 bits per heavy atom. The third-order valence-electron chi connectivity index (χ3n) is 6.15. The molecule has 4 aromatic rings. The predicted octanol–water partition coefficient (Wildman–Crippen LogP) is 4.52. The van der Waals surface area contributed by atoms with Crippen molar-refractivity contribution in [1.82, 2.24) is 4.57 Å². The molecule has 5 rings (SSSR count). The van der Waals surface area contributed by atoms with Crippen LogP contribution in [-0.2, 0) is 16.1 Å². The molecule has 1 aliphatic rings. The molecule has 0 fully saturated rings. The normalized spacial score (nSPS) is 15.1. The van der Waals surface area contributed by atoms with Gasteiger partial charge in [0.15, 0.2) is 4.80 Å². The van der Waals surface area contributed by atoms with Gasteiger partial charge < -0.3 is 9.47 Å². The number of carbonyl (C=O) groups excluding carboxylic acids is 1. The Morgan fingerprint density at radius 1 is 1.05 bits per heavy atom. The minimum Gasteiger partial charge on any atom is -0.488 e. The standard InChI is InChI=1S/C30H25FN2O4S/c1-3-36-29(35)26-19(2)32-30-33(27(26)21-13-15-23(31)16-14-21)28(34)25(38-30)17-22-11-7-8-12-24(22)37-18-20-9-5-4-6-10-20/h4-17,27H,3,18H2,1-2H3. The lowest BCUT2D eigenvalue weighted by atomic mass is 9.96. The van der Waals surface area contributed by atoms with Gasteiger partial charge in [-0.25, -0.2) is 14.2 Å². The summed E-state index contributed by atoms with van der Waals surface area (Å²) in [6.45, 7) is 4.00. The first kappa shape index (κ1) is 25.4. The zero-order chi connectivity index (χ0) is 26.6. The maximum Gasteiger partial charge on any atom is 0.338 e. The molecule has 0 radical (unpaired) electrons. The van der Waals surface area contributed by atoms with Crippen LogP contribution in [0.1, 0.15) is 36.6 Å². The predicted molar refractivity (Wildman–Crippen MR) is 144 cm³/mol. The van der Waals surface area contributed by atoms with Gasteiger partial charge in [0.25, 0.3) is 5.56 Å². The number of nitrogens with zero attached hydrogens (tertiary/aromatic N) is 2. The zero-order valence-corrected chi connectivity index (χ0v) is 21.7. The van der Waals surface area contributed by atoms with Crippen LogP contribution in [0.3, 0.4) is 0 Å². The van der Waals surface area contributed by atoms with Gasteiger partial charge in [0.2, 0.25) is 0 Å². The molecule has 1 aliphatic heterocycles. The van der Waals surface area contributed by atoms with Crippen LogP contribution in [-0.4, -0.2) is 17.1 Å². The number of allylic oxidation sites excluding steroid dienone is 1. The summed E-state index contributed by atoms with van der Waals surface area (Å²) < 4.78 is 27.0. The molecular weight excluding hydrogens is 503 g/mol. The van der Waals surface area contributed by atoms with Crippen molar-refractivity contribution in [2.45, 2.75) is 26.5 Å². The van der Waals surface area contributed by atoms with Crippen molar-refractivity contribution in [3.63, 3.8) is 0 Å². The minimum absolute atomic E-state index is 0.177. The van der Waals surface area contributed by atoms with Crippen molar-refractivity contribution < 1.29 is 18.7 Å². The molecule has 1 atom stereocenters. The second-order valence-electron chi connectivity index (χ2n) is 8.67. The van der Waals surface area contributed by atoms with E-state index in [9.17, 15) is 14.0 Å². The number of hydrogen-bond acceptors (Lipinski definition) is 6. The highest BCUT2D eigenvalue weighted by Gasteiger charge is 2.33. The number of ether oxygens (including phenoxy) is 2. The second-order valence-corrected chi connectivity index (χ2v) is 9.68. The van der Waals surface area contributed by atoms with E-state index < -0.39 is 17.8 Å². The van der Waals surface area contributed by atoms with E-state index in [0.717, 1.165) is 11.1 Å². The van der Waals surface area contributed by atoms with Crippen LogP contribution in [0, 0.1) is 5.82 Å². The number of benzene rings is 3. The van der Waals surface area contributed by atoms with Gasteiger partial charge in [-0.2, -0.15) is 0 Å². The van der Waals surface area contributed by atoms with Crippen molar-refractivity contribution in [3.8, 4) is 5.75 Å². The van der Waals surface area contributed by atoms with Crippen LogP contribution in [0.25, 0.3) is 6.08 Å². The highest BCUT2D eigenvalue weighted by molar-refractivity contribution is 7.07. The number of fused-ring (bicyclic) bond motifs is 1. The molecule has 1 aromatic heterocycles. The van der Waals surface area contributed by atoms with Crippen LogP contribution < -0.4 is 19.6 Å². The fourth-order valence-electron chi connectivity index (χ4n) is 4.36. The van der Waals surface area contributed by atoms with Crippen molar-refractivity contribution in [3.05, 3.63) is 132 Å². The average Bonchev–Trinajstić information content (AvgIpc) is 3.22. The van der Waals surface area contributed by atoms with E-state index in [1.54, 1.807) is 32.1 Å². The van der Waals surface area contributed by atoms with Crippen molar-refractivity contribution in [2.24, 2.45) is 4.99 Å². The Kier molecular flexibility index (Phi) is 7.33. The first-order valence-electron chi connectivity index (χ1n) is 12.2. The van der Waals surface area contributed by atoms with E-state index in [0.29, 0.717) is 33.0 Å². The Morgan fingerprint density at radius 2 is 1.76 bits per heavy atom. The lowest BCUT2D eigenvalue weighted by Crippen LogP contribution is -2.39. The molecule has 0 spiro atoms. The maximum absolute atomic E-state index is 13.8. The molecule has 38 heavy (non-hydrogen) atoms. The Hall–Kier alpha value is -4.30. The van der Waals surface area contributed by atoms with Crippen molar-refractivity contribution in [2.75, 3.05) is 6.61 Å².